The van der Waals surface area contributed by atoms with Crippen molar-refractivity contribution < 1.29 is 0 Å². The second kappa shape index (κ2) is 7.82. The SMILES string of the molecule is C1CNCC(CCN2CCN3CCCCC3C2)C1.Cl. The van der Waals surface area contributed by atoms with Gasteiger partial charge in [-0.3, -0.25) is 4.90 Å². The summed E-state index contributed by atoms with van der Waals surface area (Å²) >= 11 is 0. The molecule has 2 atom stereocenters. The molecule has 19 heavy (non-hydrogen) atoms. The highest BCUT2D eigenvalue weighted by molar-refractivity contribution is 5.85. The Balaban J connectivity index is 0.00000133. The minimum atomic E-state index is 0. The summed E-state index contributed by atoms with van der Waals surface area (Å²) in [6.45, 7) is 9.22. The van der Waals surface area contributed by atoms with Gasteiger partial charge in [-0.25, -0.2) is 0 Å². The third kappa shape index (κ3) is 4.32. The van der Waals surface area contributed by atoms with E-state index in [1.807, 2.05) is 0 Å². The first-order valence-electron chi connectivity index (χ1n) is 8.09. The van der Waals surface area contributed by atoms with E-state index in [1.54, 1.807) is 0 Å². The molecular weight excluding hydrogens is 258 g/mol. The highest BCUT2D eigenvalue weighted by Crippen LogP contribution is 2.22. The van der Waals surface area contributed by atoms with Crippen LogP contribution in [0.15, 0.2) is 0 Å². The molecule has 0 aliphatic carbocycles. The first-order chi connectivity index (χ1) is 8.92. The number of hydrogen-bond donors (Lipinski definition) is 1. The van der Waals surface area contributed by atoms with Gasteiger partial charge in [0.1, 0.15) is 0 Å². The number of piperazine rings is 1. The fraction of sp³-hybridized carbons (Fsp3) is 1.00. The van der Waals surface area contributed by atoms with Gasteiger partial charge in [0, 0.05) is 25.7 Å². The lowest BCUT2D eigenvalue weighted by Gasteiger charge is -2.44. The van der Waals surface area contributed by atoms with Crippen molar-refractivity contribution in [2.24, 2.45) is 5.92 Å². The minimum Gasteiger partial charge on any atom is -0.316 e. The molecule has 0 saturated carbocycles. The summed E-state index contributed by atoms with van der Waals surface area (Å²) in [5.41, 5.74) is 0. The summed E-state index contributed by atoms with van der Waals surface area (Å²) in [7, 11) is 0. The van der Waals surface area contributed by atoms with Gasteiger partial charge in [0.15, 0.2) is 0 Å². The molecule has 0 amide bonds. The van der Waals surface area contributed by atoms with E-state index in [4.69, 9.17) is 0 Å². The van der Waals surface area contributed by atoms with Gasteiger partial charge in [-0.2, -0.15) is 0 Å². The lowest BCUT2D eigenvalue weighted by molar-refractivity contribution is 0.0462. The first-order valence-corrected chi connectivity index (χ1v) is 8.09. The molecule has 3 fully saturated rings. The molecule has 0 radical (unpaired) electrons. The number of nitrogens with zero attached hydrogens (tertiary/aromatic N) is 2. The molecule has 0 spiro atoms. The lowest BCUT2D eigenvalue weighted by atomic mass is 9.95. The Morgan fingerprint density at radius 3 is 2.79 bits per heavy atom. The van der Waals surface area contributed by atoms with Crippen LogP contribution < -0.4 is 5.32 Å². The van der Waals surface area contributed by atoms with E-state index in [1.165, 1.54) is 84.3 Å². The Bertz CT molecular complexity index is 256. The Morgan fingerprint density at radius 2 is 1.95 bits per heavy atom. The van der Waals surface area contributed by atoms with Gasteiger partial charge < -0.3 is 10.2 Å². The van der Waals surface area contributed by atoms with E-state index in [-0.39, 0.29) is 12.4 Å². The predicted molar refractivity (Wildman–Crippen MR) is 83.1 cm³/mol. The van der Waals surface area contributed by atoms with Crippen LogP contribution in [0.1, 0.15) is 38.5 Å². The maximum atomic E-state index is 3.54. The number of fused-ring (bicyclic) bond motifs is 1. The van der Waals surface area contributed by atoms with E-state index in [9.17, 15) is 0 Å². The maximum Gasteiger partial charge on any atom is 0.0223 e. The summed E-state index contributed by atoms with van der Waals surface area (Å²) in [4.78, 5) is 5.48. The van der Waals surface area contributed by atoms with Crippen LogP contribution in [-0.4, -0.2) is 61.7 Å². The molecule has 4 heteroatoms. The second-order valence-electron chi connectivity index (χ2n) is 6.49. The zero-order valence-electron chi connectivity index (χ0n) is 12.1. The van der Waals surface area contributed by atoms with Crippen LogP contribution in [0.4, 0.5) is 0 Å². The fourth-order valence-electron chi connectivity index (χ4n) is 3.96. The van der Waals surface area contributed by atoms with Gasteiger partial charge >= 0.3 is 0 Å². The molecule has 0 aromatic heterocycles. The van der Waals surface area contributed by atoms with Crippen molar-refractivity contribution in [3.8, 4) is 0 Å². The standard InChI is InChI=1S/C15H29N3.ClH/c1-2-8-18-11-10-17(13-15(18)5-1)9-6-14-4-3-7-16-12-14;/h14-16H,1-13H2;1H. The van der Waals surface area contributed by atoms with Crippen molar-refractivity contribution in [2.45, 2.75) is 44.6 Å². The zero-order valence-corrected chi connectivity index (χ0v) is 13.0. The molecule has 3 nitrogen and oxygen atoms in total. The molecule has 0 aromatic carbocycles. The Kier molecular flexibility index (Phi) is 6.40. The number of hydrogen-bond acceptors (Lipinski definition) is 3. The van der Waals surface area contributed by atoms with Crippen LogP contribution in [0.25, 0.3) is 0 Å². The van der Waals surface area contributed by atoms with Crippen molar-refractivity contribution in [1.82, 2.24) is 15.1 Å². The molecule has 3 saturated heterocycles. The van der Waals surface area contributed by atoms with Gasteiger partial charge in [-0.05, 0) is 64.2 Å². The average Bonchev–Trinajstić information content (AvgIpc) is 2.46. The van der Waals surface area contributed by atoms with Gasteiger partial charge in [-0.1, -0.05) is 6.42 Å². The molecule has 3 heterocycles. The third-order valence-corrected chi connectivity index (χ3v) is 5.17. The molecule has 0 bridgehead atoms. The highest BCUT2D eigenvalue weighted by Gasteiger charge is 2.28. The van der Waals surface area contributed by atoms with Gasteiger partial charge in [0.2, 0.25) is 0 Å². The molecule has 0 aromatic rings. The van der Waals surface area contributed by atoms with Crippen molar-refractivity contribution in [2.75, 3.05) is 45.8 Å². The van der Waals surface area contributed by atoms with Crippen LogP contribution in [-0.2, 0) is 0 Å². The number of piperidine rings is 2. The molecule has 3 aliphatic rings. The number of rotatable bonds is 3. The Morgan fingerprint density at radius 1 is 1.00 bits per heavy atom. The van der Waals surface area contributed by atoms with Gasteiger partial charge in [-0.15, -0.1) is 12.4 Å². The summed E-state index contributed by atoms with van der Waals surface area (Å²) in [5, 5.41) is 3.54. The number of halogens is 1. The average molecular weight is 288 g/mol. The van der Waals surface area contributed by atoms with E-state index in [2.05, 4.69) is 15.1 Å². The molecular formula is C15H30ClN3. The largest absolute Gasteiger partial charge is 0.316 e. The maximum absolute atomic E-state index is 3.54. The van der Waals surface area contributed by atoms with E-state index in [0.717, 1.165) is 12.0 Å². The summed E-state index contributed by atoms with van der Waals surface area (Å²) < 4.78 is 0. The Hall–Kier alpha value is 0.170. The van der Waals surface area contributed by atoms with Crippen LogP contribution in [0.3, 0.4) is 0 Å². The van der Waals surface area contributed by atoms with Crippen molar-refractivity contribution >= 4 is 12.4 Å². The third-order valence-electron chi connectivity index (χ3n) is 5.17. The monoisotopic (exact) mass is 287 g/mol. The van der Waals surface area contributed by atoms with Crippen LogP contribution in [0, 0.1) is 5.92 Å². The molecule has 3 aliphatic heterocycles. The molecule has 112 valence electrons. The normalized spacial score (nSPS) is 33.5. The minimum absolute atomic E-state index is 0. The lowest BCUT2D eigenvalue weighted by Crippen LogP contribution is -2.55. The first kappa shape index (κ1) is 15.6. The summed E-state index contributed by atoms with van der Waals surface area (Å²) in [6.07, 6.45) is 8.60. The van der Waals surface area contributed by atoms with Crippen LogP contribution in [0.2, 0.25) is 0 Å². The summed E-state index contributed by atoms with van der Waals surface area (Å²) in [6, 6.07) is 0.886. The molecule has 1 N–H and O–H groups in total. The van der Waals surface area contributed by atoms with Gasteiger partial charge in [0.25, 0.3) is 0 Å². The predicted octanol–water partition coefficient (Wildman–Crippen LogP) is 1.97. The topological polar surface area (TPSA) is 18.5 Å². The van der Waals surface area contributed by atoms with Crippen molar-refractivity contribution in [3.63, 3.8) is 0 Å². The Labute approximate surface area is 124 Å². The van der Waals surface area contributed by atoms with Gasteiger partial charge in [0.05, 0.1) is 0 Å². The second-order valence-corrected chi connectivity index (χ2v) is 6.49. The fourth-order valence-corrected chi connectivity index (χ4v) is 3.96. The van der Waals surface area contributed by atoms with Crippen LogP contribution >= 0.6 is 12.4 Å². The van der Waals surface area contributed by atoms with Crippen LogP contribution in [0.5, 0.6) is 0 Å². The molecule has 2 unspecified atom stereocenters. The quantitative estimate of drug-likeness (QED) is 0.856. The smallest absolute Gasteiger partial charge is 0.0223 e. The summed E-state index contributed by atoms with van der Waals surface area (Å²) in [5.74, 6) is 0.947. The van der Waals surface area contributed by atoms with E-state index < -0.39 is 0 Å². The van der Waals surface area contributed by atoms with Crippen molar-refractivity contribution in [1.29, 1.82) is 0 Å². The van der Waals surface area contributed by atoms with Crippen molar-refractivity contribution in [3.05, 3.63) is 0 Å². The zero-order chi connectivity index (χ0) is 12.2. The van der Waals surface area contributed by atoms with E-state index in [0.29, 0.717) is 0 Å². The highest BCUT2D eigenvalue weighted by atomic mass is 35.5. The molecule has 3 rings (SSSR count). The number of nitrogens with one attached hydrogen (secondary N) is 1. The van der Waals surface area contributed by atoms with E-state index >= 15 is 0 Å².